The number of aryl methyl sites for hydroxylation is 1. The fourth-order valence-electron chi connectivity index (χ4n) is 2.99. The van der Waals surface area contributed by atoms with E-state index in [9.17, 15) is 9.59 Å². The molecule has 2 rings (SSSR count). The maximum Gasteiger partial charge on any atom is 0.318 e. The summed E-state index contributed by atoms with van der Waals surface area (Å²) in [6.45, 7) is 5.82. The second-order valence-corrected chi connectivity index (χ2v) is 7.44. The maximum atomic E-state index is 12.2. The quantitative estimate of drug-likeness (QED) is 0.802. The fraction of sp³-hybridized carbons (Fsp3) is 0.733. The van der Waals surface area contributed by atoms with Gasteiger partial charge in [-0.05, 0) is 25.7 Å². The highest BCUT2D eigenvalue weighted by Crippen LogP contribution is 2.35. The van der Waals surface area contributed by atoms with Crippen molar-refractivity contribution in [2.75, 3.05) is 0 Å². The smallest absolute Gasteiger partial charge is 0.318 e. The highest BCUT2D eigenvalue weighted by atomic mass is 32.2. The lowest BCUT2D eigenvalue weighted by molar-refractivity contribution is -0.120. The number of hydrogen-bond donors (Lipinski definition) is 2. The molecule has 1 aromatic heterocycles. The van der Waals surface area contributed by atoms with Gasteiger partial charge in [-0.25, -0.2) is 4.79 Å². The van der Waals surface area contributed by atoms with Crippen molar-refractivity contribution < 1.29 is 9.59 Å². The van der Waals surface area contributed by atoms with E-state index in [2.05, 4.69) is 20.1 Å². The summed E-state index contributed by atoms with van der Waals surface area (Å²) in [5.41, 5.74) is 5.06. The van der Waals surface area contributed by atoms with Gasteiger partial charge in [-0.3, -0.25) is 10.1 Å². The zero-order chi connectivity index (χ0) is 17.0. The Labute approximate surface area is 140 Å². The number of rotatable bonds is 5. The number of hydrogen-bond acceptors (Lipinski definition) is 5. The lowest BCUT2D eigenvalue weighted by Crippen LogP contribution is -2.42. The van der Waals surface area contributed by atoms with Crippen LogP contribution >= 0.6 is 11.8 Å². The van der Waals surface area contributed by atoms with E-state index in [1.165, 1.54) is 31.0 Å². The summed E-state index contributed by atoms with van der Waals surface area (Å²) in [5, 5.41) is 10.9. The van der Waals surface area contributed by atoms with E-state index in [-0.39, 0.29) is 11.8 Å². The Morgan fingerprint density at radius 1 is 1.26 bits per heavy atom. The first-order valence-electron chi connectivity index (χ1n) is 8.08. The van der Waals surface area contributed by atoms with Crippen molar-refractivity contribution in [2.45, 2.75) is 69.3 Å². The van der Waals surface area contributed by atoms with Crippen LogP contribution < -0.4 is 11.1 Å². The van der Waals surface area contributed by atoms with Gasteiger partial charge < -0.3 is 10.3 Å². The summed E-state index contributed by atoms with van der Waals surface area (Å²) in [4.78, 5) is 23.2. The first-order chi connectivity index (χ1) is 10.9. The van der Waals surface area contributed by atoms with E-state index in [0.717, 1.165) is 23.8 Å². The Morgan fingerprint density at radius 3 is 2.48 bits per heavy atom. The highest BCUT2D eigenvalue weighted by Gasteiger charge is 2.29. The van der Waals surface area contributed by atoms with Crippen LogP contribution in [0.25, 0.3) is 0 Å². The van der Waals surface area contributed by atoms with E-state index in [1.807, 2.05) is 20.8 Å². The third kappa shape index (κ3) is 4.46. The zero-order valence-corrected chi connectivity index (χ0v) is 14.7. The van der Waals surface area contributed by atoms with Crippen LogP contribution in [0.5, 0.6) is 0 Å². The molecular weight excluding hydrogens is 314 g/mol. The van der Waals surface area contributed by atoms with Crippen molar-refractivity contribution in [3.63, 3.8) is 0 Å². The number of nitrogens with two attached hydrogens (primary N) is 1. The second-order valence-electron chi connectivity index (χ2n) is 6.33. The molecule has 0 spiro atoms. The van der Waals surface area contributed by atoms with Gasteiger partial charge in [0.15, 0.2) is 5.16 Å². The van der Waals surface area contributed by atoms with Gasteiger partial charge in [0.2, 0.25) is 5.91 Å². The molecule has 1 unspecified atom stereocenters. The summed E-state index contributed by atoms with van der Waals surface area (Å²) >= 11 is 1.36. The maximum absolute atomic E-state index is 12.2. The number of carbonyl (C=O) groups is 2. The molecule has 3 N–H and O–H groups in total. The molecule has 1 saturated carbocycles. The number of nitrogens with zero attached hydrogens (tertiary/aromatic N) is 3. The van der Waals surface area contributed by atoms with E-state index in [4.69, 9.17) is 5.73 Å². The number of thioether (sulfide) groups is 1. The Bertz CT molecular complexity index is 566. The molecular formula is C15H25N5O2S. The molecule has 0 aliphatic heterocycles. The molecule has 1 heterocycles. The van der Waals surface area contributed by atoms with E-state index in [0.29, 0.717) is 6.04 Å². The van der Waals surface area contributed by atoms with Crippen LogP contribution in [0.2, 0.25) is 0 Å². The van der Waals surface area contributed by atoms with Crippen LogP contribution in [0, 0.1) is 12.8 Å². The molecule has 1 atom stereocenters. The molecule has 0 bridgehead atoms. The van der Waals surface area contributed by atoms with Crippen LogP contribution in [0.4, 0.5) is 4.79 Å². The number of urea groups is 1. The largest absolute Gasteiger partial charge is 0.351 e. The van der Waals surface area contributed by atoms with Gasteiger partial charge in [-0.15, -0.1) is 10.2 Å². The molecule has 0 radical (unpaired) electrons. The highest BCUT2D eigenvalue weighted by molar-refractivity contribution is 8.00. The van der Waals surface area contributed by atoms with Gasteiger partial charge in [0.05, 0.1) is 5.25 Å². The Morgan fingerprint density at radius 2 is 1.91 bits per heavy atom. The number of nitrogens with one attached hydrogen (secondary N) is 1. The third-order valence-electron chi connectivity index (χ3n) is 4.12. The SMILES string of the molecule is Cc1nnc(SC(C(=O)NC(N)=O)C(C)C)n1C1CCCCC1. The van der Waals surface area contributed by atoms with E-state index >= 15 is 0 Å². The lowest BCUT2D eigenvalue weighted by atomic mass is 9.95. The normalized spacial score (nSPS) is 17.2. The van der Waals surface area contributed by atoms with Gasteiger partial charge in [-0.1, -0.05) is 44.9 Å². The monoisotopic (exact) mass is 339 g/mol. The molecule has 1 aromatic rings. The molecule has 8 heteroatoms. The van der Waals surface area contributed by atoms with Crippen molar-refractivity contribution in [2.24, 2.45) is 11.7 Å². The molecule has 3 amide bonds. The molecule has 0 saturated heterocycles. The van der Waals surface area contributed by atoms with Crippen LogP contribution in [-0.4, -0.2) is 32.0 Å². The van der Waals surface area contributed by atoms with Gasteiger partial charge in [-0.2, -0.15) is 0 Å². The van der Waals surface area contributed by atoms with Crippen LogP contribution in [0.3, 0.4) is 0 Å². The molecule has 1 aliphatic rings. The molecule has 1 aliphatic carbocycles. The van der Waals surface area contributed by atoms with Gasteiger partial charge in [0.25, 0.3) is 0 Å². The van der Waals surface area contributed by atoms with Crippen molar-refractivity contribution in [1.82, 2.24) is 20.1 Å². The molecule has 128 valence electrons. The number of amides is 3. The van der Waals surface area contributed by atoms with Gasteiger partial charge in [0, 0.05) is 6.04 Å². The van der Waals surface area contributed by atoms with Gasteiger partial charge in [0.1, 0.15) is 5.82 Å². The minimum atomic E-state index is -0.828. The minimum Gasteiger partial charge on any atom is -0.351 e. The summed E-state index contributed by atoms with van der Waals surface area (Å²) < 4.78 is 2.15. The number of imide groups is 1. The Kier molecular flexibility index (Phi) is 6.04. The van der Waals surface area contributed by atoms with Crippen molar-refractivity contribution in [3.8, 4) is 0 Å². The lowest BCUT2D eigenvalue weighted by Gasteiger charge is -2.26. The second kappa shape index (κ2) is 7.81. The summed E-state index contributed by atoms with van der Waals surface area (Å²) in [6.07, 6.45) is 5.93. The predicted octanol–water partition coefficient (Wildman–Crippen LogP) is 2.40. The number of aromatic nitrogens is 3. The first-order valence-corrected chi connectivity index (χ1v) is 8.96. The van der Waals surface area contributed by atoms with Gasteiger partial charge >= 0.3 is 6.03 Å². The Balaban J connectivity index is 2.20. The minimum absolute atomic E-state index is 0.0381. The zero-order valence-electron chi connectivity index (χ0n) is 13.9. The van der Waals surface area contributed by atoms with Crippen LogP contribution in [0.1, 0.15) is 57.8 Å². The summed E-state index contributed by atoms with van der Waals surface area (Å²) in [5.74, 6) is 0.529. The van der Waals surface area contributed by atoms with E-state index < -0.39 is 11.3 Å². The Hall–Kier alpha value is -1.57. The van der Waals surface area contributed by atoms with Crippen LogP contribution in [-0.2, 0) is 4.79 Å². The topological polar surface area (TPSA) is 103 Å². The first kappa shape index (κ1) is 17.8. The summed E-state index contributed by atoms with van der Waals surface area (Å²) in [7, 11) is 0. The van der Waals surface area contributed by atoms with Crippen molar-refractivity contribution >= 4 is 23.7 Å². The number of primary amides is 1. The van der Waals surface area contributed by atoms with Crippen LogP contribution in [0.15, 0.2) is 5.16 Å². The average molecular weight is 339 g/mol. The molecule has 7 nitrogen and oxygen atoms in total. The third-order valence-corrected chi connectivity index (χ3v) is 5.62. The van der Waals surface area contributed by atoms with Crippen molar-refractivity contribution in [3.05, 3.63) is 5.82 Å². The predicted molar refractivity (Wildman–Crippen MR) is 89.1 cm³/mol. The number of carbonyl (C=O) groups excluding carboxylic acids is 2. The van der Waals surface area contributed by atoms with Crippen molar-refractivity contribution in [1.29, 1.82) is 0 Å². The average Bonchev–Trinajstić information content (AvgIpc) is 2.85. The molecule has 0 aromatic carbocycles. The van der Waals surface area contributed by atoms with E-state index in [1.54, 1.807) is 0 Å². The standard InChI is InChI=1S/C15H25N5O2S/c1-9(2)12(13(21)17-14(16)22)23-15-19-18-10(3)20(15)11-7-5-4-6-8-11/h9,11-12H,4-8H2,1-3H3,(H3,16,17,21,22). The summed E-state index contributed by atoms with van der Waals surface area (Å²) in [6, 6.07) is -0.431. The molecule has 1 fully saturated rings. The molecule has 23 heavy (non-hydrogen) atoms. The fourth-order valence-corrected chi connectivity index (χ4v) is 4.14.